The molecule has 10 heteroatoms. The molecule has 1 amide bonds. The fraction of sp³-hybridized carbons (Fsp3) is 0.158. The van der Waals surface area contributed by atoms with E-state index in [9.17, 15) is 13.2 Å². The standard InChI is InChI=1S/C19H18N2O6S.H3N/c1-12-17(10-13-4-7-15(26-2)11-18(13)27-3)19(22)21(20-12)14-5-8-16(9-6-14)28(23,24)25;/h4-11H,1-3H3,(H,23,24,25);1H3/b17-10-;. The molecule has 9 nitrogen and oxygen atoms in total. The predicted molar refractivity (Wildman–Crippen MR) is 109 cm³/mol. The Labute approximate surface area is 168 Å². The summed E-state index contributed by atoms with van der Waals surface area (Å²) in [6.45, 7) is 1.70. The van der Waals surface area contributed by atoms with Gasteiger partial charge in [-0.15, -0.1) is 0 Å². The molecule has 1 aliphatic rings. The Kier molecular flexibility index (Phi) is 6.42. The van der Waals surface area contributed by atoms with E-state index >= 15 is 0 Å². The second-order valence-corrected chi connectivity index (χ2v) is 7.36. The van der Waals surface area contributed by atoms with Crippen LogP contribution in [-0.4, -0.2) is 38.8 Å². The molecule has 0 aromatic heterocycles. The molecule has 0 spiro atoms. The third-order valence-corrected chi connectivity index (χ3v) is 5.05. The zero-order valence-corrected chi connectivity index (χ0v) is 16.9. The lowest BCUT2D eigenvalue weighted by atomic mass is 10.1. The summed E-state index contributed by atoms with van der Waals surface area (Å²) in [5.41, 5.74) is 1.94. The molecule has 0 saturated heterocycles. The van der Waals surface area contributed by atoms with Crippen LogP contribution in [-0.2, 0) is 14.9 Å². The molecule has 4 N–H and O–H groups in total. The van der Waals surface area contributed by atoms with Gasteiger partial charge in [0, 0.05) is 11.6 Å². The number of benzene rings is 2. The monoisotopic (exact) mass is 419 g/mol. The van der Waals surface area contributed by atoms with Crippen LogP contribution >= 0.6 is 0 Å². The molecular formula is C19H21N3O6S. The summed E-state index contributed by atoms with van der Waals surface area (Å²) >= 11 is 0. The Morgan fingerprint density at radius 2 is 1.72 bits per heavy atom. The molecule has 0 atom stereocenters. The molecule has 0 bridgehead atoms. The van der Waals surface area contributed by atoms with Gasteiger partial charge in [-0.1, -0.05) is 0 Å². The van der Waals surface area contributed by atoms with Gasteiger partial charge in [0.2, 0.25) is 0 Å². The number of carbonyl (C=O) groups is 1. The molecular weight excluding hydrogens is 398 g/mol. The second-order valence-electron chi connectivity index (χ2n) is 5.94. The Morgan fingerprint density at radius 3 is 2.28 bits per heavy atom. The van der Waals surface area contributed by atoms with Crippen molar-refractivity contribution in [2.24, 2.45) is 5.10 Å². The van der Waals surface area contributed by atoms with Crippen molar-refractivity contribution in [3.63, 3.8) is 0 Å². The number of ether oxygens (including phenoxy) is 2. The van der Waals surface area contributed by atoms with Crippen molar-refractivity contribution in [3.8, 4) is 11.5 Å². The topological polar surface area (TPSA) is 140 Å². The van der Waals surface area contributed by atoms with E-state index < -0.39 is 10.1 Å². The smallest absolute Gasteiger partial charge is 0.294 e. The van der Waals surface area contributed by atoms with E-state index in [4.69, 9.17) is 14.0 Å². The summed E-state index contributed by atoms with van der Waals surface area (Å²) < 4.78 is 41.9. The highest BCUT2D eigenvalue weighted by atomic mass is 32.2. The molecule has 0 saturated carbocycles. The number of hydrogen-bond acceptors (Lipinski definition) is 7. The first-order valence-corrected chi connectivity index (χ1v) is 9.60. The number of nitrogens with zero attached hydrogens (tertiary/aromatic N) is 2. The van der Waals surface area contributed by atoms with Gasteiger partial charge in [-0.2, -0.15) is 18.5 Å². The van der Waals surface area contributed by atoms with Gasteiger partial charge < -0.3 is 15.6 Å². The van der Waals surface area contributed by atoms with Crippen LogP contribution in [0.3, 0.4) is 0 Å². The van der Waals surface area contributed by atoms with Crippen LogP contribution < -0.4 is 20.6 Å². The summed E-state index contributed by atoms with van der Waals surface area (Å²) in [5.74, 6) is 0.807. The summed E-state index contributed by atoms with van der Waals surface area (Å²) in [5, 5.41) is 5.42. The van der Waals surface area contributed by atoms with E-state index in [1.165, 1.54) is 36.4 Å². The van der Waals surface area contributed by atoms with Crippen molar-refractivity contribution >= 4 is 33.5 Å². The van der Waals surface area contributed by atoms with Gasteiger partial charge in [0.25, 0.3) is 16.0 Å². The van der Waals surface area contributed by atoms with Crippen LogP contribution in [0.1, 0.15) is 12.5 Å². The van der Waals surface area contributed by atoms with Gasteiger partial charge in [-0.3, -0.25) is 9.35 Å². The third-order valence-electron chi connectivity index (χ3n) is 4.18. The minimum absolute atomic E-state index is 0. The average molecular weight is 419 g/mol. The van der Waals surface area contributed by atoms with Crippen LogP contribution in [0.15, 0.2) is 58.0 Å². The first kappa shape index (κ1) is 22.1. The molecule has 0 aliphatic carbocycles. The molecule has 0 radical (unpaired) electrons. The van der Waals surface area contributed by atoms with Crippen LogP contribution in [0.25, 0.3) is 6.08 Å². The molecule has 1 aliphatic heterocycles. The second kappa shape index (κ2) is 8.43. The number of anilines is 1. The predicted octanol–water partition coefficient (Wildman–Crippen LogP) is 2.92. The first-order chi connectivity index (χ1) is 13.2. The van der Waals surface area contributed by atoms with Crippen LogP contribution in [0.2, 0.25) is 0 Å². The number of carbonyl (C=O) groups excluding carboxylic acids is 1. The largest absolute Gasteiger partial charge is 0.497 e. The average Bonchev–Trinajstić information content (AvgIpc) is 2.96. The van der Waals surface area contributed by atoms with Crippen LogP contribution in [0, 0.1) is 0 Å². The lowest BCUT2D eigenvalue weighted by Gasteiger charge is -2.12. The van der Waals surface area contributed by atoms with Crippen molar-refractivity contribution in [1.29, 1.82) is 0 Å². The summed E-state index contributed by atoms with van der Waals surface area (Å²) in [4.78, 5) is 12.6. The Hall–Kier alpha value is -3.21. The van der Waals surface area contributed by atoms with Gasteiger partial charge >= 0.3 is 0 Å². The molecule has 1 heterocycles. The summed E-state index contributed by atoms with van der Waals surface area (Å²) in [7, 11) is -1.23. The minimum atomic E-state index is -4.31. The third kappa shape index (κ3) is 4.45. The first-order valence-electron chi connectivity index (χ1n) is 8.16. The van der Waals surface area contributed by atoms with E-state index in [0.717, 1.165) is 0 Å². The zero-order chi connectivity index (χ0) is 20.5. The molecule has 0 fully saturated rings. The molecule has 0 unspecified atom stereocenters. The van der Waals surface area contributed by atoms with Crippen molar-refractivity contribution in [2.75, 3.05) is 19.2 Å². The molecule has 29 heavy (non-hydrogen) atoms. The van der Waals surface area contributed by atoms with Crippen molar-refractivity contribution in [1.82, 2.24) is 6.15 Å². The van der Waals surface area contributed by atoms with E-state index in [2.05, 4.69) is 5.10 Å². The maximum atomic E-state index is 12.8. The van der Waals surface area contributed by atoms with Crippen LogP contribution in [0.5, 0.6) is 11.5 Å². The quantitative estimate of drug-likeness (QED) is 0.561. The van der Waals surface area contributed by atoms with Crippen LogP contribution in [0.4, 0.5) is 5.69 Å². The Balaban J connectivity index is 0.00000300. The highest BCUT2D eigenvalue weighted by Crippen LogP contribution is 2.30. The molecule has 2 aromatic rings. The van der Waals surface area contributed by atoms with E-state index in [1.807, 2.05) is 0 Å². The highest BCUT2D eigenvalue weighted by molar-refractivity contribution is 7.85. The summed E-state index contributed by atoms with van der Waals surface area (Å²) in [6.07, 6.45) is 1.67. The van der Waals surface area contributed by atoms with E-state index in [1.54, 1.807) is 38.3 Å². The number of rotatable bonds is 5. The van der Waals surface area contributed by atoms with E-state index in [-0.39, 0.29) is 17.0 Å². The van der Waals surface area contributed by atoms with Crippen molar-refractivity contribution in [2.45, 2.75) is 11.8 Å². The lowest BCUT2D eigenvalue weighted by molar-refractivity contribution is -0.114. The van der Waals surface area contributed by atoms with Gasteiger partial charge in [0.1, 0.15) is 11.5 Å². The molecule has 2 aromatic carbocycles. The lowest BCUT2D eigenvalue weighted by Crippen LogP contribution is -2.21. The number of amides is 1. The number of methoxy groups -OCH3 is 2. The highest BCUT2D eigenvalue weighted by Gasteiger charge is 2.29. The Morgan fingerprint density at radius 1 is 1.07 bits per heavy atom. The zero-order valence-electron chi connectivity index (χ0n) is 16.1. The maximum Gasteiger partial charge on any atom is 0.294 e. The molecule has 154 valence electrons. The van der Waals surface area contributed by atoms with Crippen molar-refractivity contribution < 1.29 is 27.2 Å². The fourth-order valence-electron chi connectivity index (χ4n) is 2.71. The molecule has 3 rings (SSSR count). The Bertz CT molecular complexity index is 1090. The number of hydrogen-bond donors (Lipinski definition) is 2. The number of hydrazone groups is 1. The SMILES string of the molecule is COc1ccc(/C=C2\C(=O)N(c3ccc(S(=O)(=O)O)cc3)N=C2C)c(OC)c1.N. The normalized spacial score (nSPS) is 15.2. The van der Waals surface area contributed by atoms with Gasteiger partial charge in [-0.25, -0.2) is 0 Å². The van der Waals surface area contributed by atoms with Crippen molar-refractivity contribution in [3.05, 3.63) is 53.6 Å². The minimum Gasteiger partial charge on any atom is -0.497 e. The van der Waals surface area contributed by atoms with Gasteiger partial charge in [0.05, 0.1) is 36.1 Å². The van der Waals surface area contributed by atoms with E-state index in [0.29, 0.717) is 34.0 Å². The fourth-order valence-corrected chi connectivity index (χ4v) is 3.19. The maximum absolute atomic E-state index is 12.8. The summed E-state index contributed by atoms with van der Waals surface area (Å²) in [6, 6.07) is 10.4. The van der Waals surface area contributed by atoms with Gasteiger partial charge in [0.15, 0.2) is 0 Å². The van der Waals surface area contributed by atoms with Gasteiger partial charge in [-0.05, 0) is 49.4 Å².